The molecule has 0 spiro atoms. The van der Waals surface area contributed by atoms with E-state index in [1.807, 2.05) is 66.5 Å². The molecular weight excluding hydrogens is 418 g/mol. The number of amides is 1. The fraction of sp³-hybridized carbons (Fsp3) is 0.227. The lowest BCUT2D eigenvalue weighted by Crippen LogP contribution is -2.30. The van der Waals surface area contributed by atoms with E-state index in [0.29, 0.717) is 11.4 Å². The summed E-state index contributed by atoms with van der Waals surface area (Å²) in [5, 5.41) is 2.89. The lowest BCUT2D eigenvalue weighted by atomic mass is 10.1. The van der Waals surface area contributed by atoms with Gasteiger partial charge in [0.25, 0.3) is 5.91 Å². The Kier molecular flexibility index (Phi) is 5.69. The largest absolute Gasteiger partial charge is 0.451 e. The van der Waals surface area contributed by atoms with Crippen molar-refractivity contribution in [1.82, 2.24) is 14.5 Å². The first kappa shape index (κ1) is 20.3. The number of nitrogens with zero attached hydrogens (tertiary/aromatic N) is 3. The fourth-order valence-corrected chi connectivity index (χ4v) is 5.27. The van der Waals surface area contributed by atoms with E-state index in [1.54, 1.807) is 23.3 Å². The summed E-state index contributed by atoms with van der Waals surface area (Å²) in [5.41, 5.74) is 2.68. The molecule has 0 atom stereocenters. The number of hydrogen-bond donors (Lipinski definition) is 0. The van der Waals surface area contributed by atoms with Crippen LogP contribution in [0.4, 0.5) is 0 Å². The van der Waals surface area contributed by atoms with Crippen molar-refractivity contribution in [2.24, 2.45) is 0 Å². The van der Waals surface area contributed by atoms with Gasteiger partial charge in [-0.1, -0.05) is 6.07 Å². The molecule has 0 aliphatic carbocycles. The number of carbonyl (C=O) groups excluding carboxylic acids is 2. The molecule has 4 rings (SSSR count). The standard InChI is InChI=1S/C22H21N3O3S2/c1-14-11-15(2)23-21-18(14)19(25-8-4-5-9-25)20(30-21)22(27)28-13-17(26)24(3)12-16-7-6-10-29-16/h4-11H,12-13H2,1-3H3. The summed E-state index contributed by atoms with van der Waals surface area (Å²) in [6.45, 7) is 4.13. The van der Waals surface area contributed by atoms with E-state index in [0.717, 1.165) is 32.0 Å². The Morgan fingerprint density at radius 2 is 1.97 bits per heavy atom. The minimum absolute atomic E-state index is 0.245. The average molecular weight is 440 g/mol. The first-order valence-corrected chi connectivity index (χ1v) is 11.1. The molecule has 0 aliphatic rings. The van der Waals surface area contributed by atoms with Gasteiger partial charge in [0.1, 0.15) is 9.71 Å². The van der Waals surface area contributed by atoms with Gasteiger partial charge >= 0.3 is 5.97 Å². The normalized spacial score (nSPS) is 11.0. The highest BCUT2D eigenvalue weighted by Gasteiger charge is 2.24. The lowest BCUT2D eigenvalue weighted by molar-refractivity contribution is -0.133. The van der Waals surface area contributed by atoms with Gasteiger partial charge in [0.15, 0.2) is 6.61 Å². The van der Waals surface area contributed by atoms with Crippen LogP contribution >= 0.6 is 22.7 Å². The Morgan fingerprint density at radius 1 is 1.20 bits per heavy atom. The average Bonchev–Trinajstić information content (AvgIpc) is 3.45. The van der Waals surface area contributed by atoms with Crippen molar-refractivity contribution in [3.05, 3.63) is 69.1 Å². The third kappa shape index (κ3) is 4.01. The van der Waals surface area contributed by atoms with Crippen LogP contribution in [-0.4, -0.2) is 40.0 Å². The third-order valence-electron chi connectivity index (χ3n) is 4.74. The van der Waals surface area contributed by atoms with E-state index >= 15 is 0 Å². The number of rotatable bonds is 6. The number of esters is 1. The summed E-state index contributed by atoms with van der Waals surface area (Å²) in [4.78, 5) is 33.8. The topological polar surface area (TPSA) is 64.4 Å². The molecule has 8 heteroatoms. The molecule has 154 valence electrons. The van der Waals surface area contributed by atoms with Crippen LogP contribution in [0, 0.1) is 13.8 Å². The fourth-order valence-electron chi connectivity index (χ4n) is 3.32. The molecular formula is C22H21N3O3S2. The van der Waals surface area contributed by atoms with E-state index in [4.69, 9.17) is 4.74 Å². The maximum atomic E-state index is 12.9. The first-order valence-electron chi connectivity index (χ1n) is 9.41. The predicted octanol–water partition coefficient (Wildman–Crippen LogP) is 4.58. The second-order valence-corrected chi connectivity index (χ2v) is 9.07. The Hall–Kier alpha value is -2.97. The van der Waals surface area contributed by atoms with Crippen molar-refractivity contribution in [2.75, 3.05) is 13.7 Å². The van der Waals surface area contributed by atoms with E-state index in [9.17, 15) is 9.59 Å². The van der Waals surface area contributed by atoms with Gasteiger partial charge in [0, 0.05) is 35.4 Å². The van der Waals surface area contributed by atoms with Gasteiger partial charge in [-0.3, -0.25) is 4.79 Å². The minimum atomic E-state index is -0.517. The SMILES string of the molecule is Cc1cc(C)c2c(-n3cccc3)c(C(=O)OCC(=O)N(C)Cc3cccs3)sc2n1. The van der Waals surface area contributed by atoms with Crippen molar-refractivity contribution in [3.8, 4) is 5.69 Å². The quantitative estimate of drug-likeness (QED) is 0.413. The second-order valence-electron chi connectivity index (χ2n) is 7.04. The summed E-state index contributed by atoms with van der Waals surface area (Å²) < 4.78 is 7.30. The van der Waals surface area contributed by atoms with Crippen LogP contribution in [0.5, 0.6) is 0 Å². The smallest absolute Gasteiger partial charge is 0.351 e. The zero-order valence-electron chi connectivity index (χ0n) is 16.9. The number of hydrogen-bond acceptors (Lipinski definition) is 6. The Labute approximate surface area is 182 Å². The first-order chi connectivity index (χ1) is 14.4. The Morgan fingerprint density at radius 3 is 2.67 bits per heavy atom. The molecule has 0 N–H and O–H groups in total. The molecule has 0 bridgehead atoms. The van der Waals surface area contributed by atoms with Crippen LogP contribution in [0.25, 0.3) is 15.9 Å². The van der Waals surface area contributed by atoms with Gasteiger partial charge in [-0.15, -0.1) is 22.7 Å². The molecule has 4 aromatic heterocycles. The van der Waals surface area contributed by atoms with Gasteiger partial charge in [-0.25, -0.2) is 9.78 Å². The number of fused-ring (bicyclic) bond motifs is 1. The highest BCUT2D eigenvalue weighted by Crippen LogP contribution is 2.36. The van der Waals surface area contributed by atoms with Crippen LogP contribution < -0.4 is 0 Å². The molecule has 0 saturated carbocycles. The number of pyridine rings is 1. The van der Waals surface area contributed by atoms with Crippen molar-refractivity contribution in [3.63, 3.8) is 0 Å². The number of aromatic nitrogens is 2. The molecule has 0 unspecified atom stereocenters. The van der Waals surface area contributed by atoms with Crippen LogP contribution in [0.15, 0.2) is 48.1 Å². The molecule has 0 fully saturated rings. The van der Waals surface area contributed by atoms with Gasteiger partial charge < -0.3 is 14.2 Å². The van der Waals surface area contributed by atoms with Crippen molar-refractivity contribution in [1.29, 1.82) is 0 Å². The van der Waals surface area contributed by atoms with Crippen LogP contribution in [0.2, 0.25) is 0 Å². The highest BCUT2D eigenvalue weighted by atomic mass is 32.1. The summed E-state index contributed by atoms with van der Waals surface area (Å²) in [7, 11) is 1.70. The molecule has 0 aliphatic heterocycles. The van der Waals surface area contributed by atoms with Gasteiger partial charge in [0.2, 0.25) is 0 Å². The molecule has 0 saturated heterocycles. The van der Waals surface area contributed by atoms with Crippen LogP contribution in [0.3, 0.4) is 0 Å². The van der Waals surface area contributed by atoms with Gasteiger partial charge in [-0.05, 0) is 49.1 Å². The van der Waals surface area contributed by atoms with Crippen molar-refractivity contribution < 1.29 is 14.3 Å². The van der Waals surface area contributed by atoms with E-state index in [-0.39, 0.29) is 12.5 Å². The Bertz CT molecular complexity index is 1190. The van der Waals surface area contributed by atoms with E-state index < -0.39 is 5.97 Å². The minimum Gasteiger partial charge on any atom is -0.451 e. The monoisotopic (exact) mass is 439 g/mol. The molecule has 6 nitrogen and oxygen atoms in total. The molecule has 0 aromatic carbocycles. The lowest BCUT2D eigenvalue weighted by Gasteiger charge is -2.16. The summed E-state index contributed by atoms with van der Waals surface area (Å²) in [6, 6.07) is 9.72. The second kappa shape index (κ2) is 8.41. The van der Waals surface area contributed by atoms with Gasteiger partial charge in [0.05, 0.1) is 12.2 Å². The van der Waals surface area contributed by atoms with Crippen LogP contribution in [0.1, 0.15) is 25.8 Å². The van der Waals surface area contributed by atoms with Crippen molar-refractivity contribution in [2.45, 2.75) is 20.4 Å². The maximum Gasteiger partial charge on any atom is 0.351 e. The Balaban J connectivity index is 1.58. The predicted molar refractivity (Wildman–Crippen MR) is 119 cm³/mol. The number of ether oxygens (including phenoxy) is 1. The maximum absolute atomic E-state index is 12.9. The summed E-state index contributed by atoms with van der Waals surface area (Å²) in [6.07, 6.45) is 3.77. The van der Waals surface area contributed by atoms with Crippen LogP contribution in [-0.2, 0) is 16.1 Å². The van der Waals surface area contributed by atoms with Gasteiger partial charge in [-0.2, -0.15) is 0 Å². The molecule has 1 amide bonds. The molecule has 4 aromatic rings. The zero-order valence-corrected chi connectivity index (χ0v) is 18.5. The number of aryl methyl sites for hydroxylation is 2. The van der Waals surface area contributed by atoms with Crippen molar-refractivity contribution >= 4 is 44.8 Å². The molecule has 0 radical (unpaired) electrons. The van der Waals surface area contributed by atoms with E-state index in [1.165, 1.54) is 11.3 Å². The highest BCUT2D eigenvalue weighted by molar-refractivity contribution is 7.21. The molecule has 4 heterocycles. The number of carbonyl (C=O) groups is 2. The molecule has 30 heavy (non-hydrogen) atoms. The van der Waals surface area contributed by atoms with E-state index in [2.05, 4.69) is 4.98 Å². The number of likely N-dealkylation sites (N-methyl/N-ethyl adjacent to an activating group) is 1. The number of thiophene rings is 2. The third-order valence-corrected chi connectivity index (χ3v) is 6.65. The zero-order chi connectivity index (χ0) is 21.3. The summed E-state index contributed by atoms with van der Waals surface area (Å²) in [5.74, 6) is -0.762. The summed E-state index contributed by atoms with van der Waals surface area (Å²) >= 11 is 2.88.